The first-order valence-electron chi connectivity index (χ1n) is 5.01. The average Bonchev–Trinajstić information content (AvgIpc) is 1.98. The fourth-order valence-corrected chi connectivity index (χ4v) is 2.62. The molecule has 0 aromatic rings. The first kappa shape index (κ1) is 15.1. The lowest BCUT2D eigenvalue weighted by atomic mass is 10.1. The van der Waals surface area contributed by atoms with Crippen LogP contribution in [0.15, 0.2) is 12.2 Å². The van der Waals surface area contributed by atoms with Crippen LogP contribution < -0.4 is 4.72 Å². The first-order valence-corrected chi connectivity index (χ1v) is 6.66. The normalized spacial score (nSPS) is 13.8. The molecule has 0 aliphatic rings. The summed E-state index contributed by atoms with van der Waals surface area (Å²) in [6.07, 6.45) is 0.269. The molecule has 0 amide bonds. The third-order valence-electron chi connectivity index (χ3n) is 1.76. The highest BCUT2D eigenvalue weighted by Gasteiger charge is 2.24. The fourth-order valence-electron chi connectivity index (χ4n) is 1.25. The van der Waals surface area contributed by atoms with E-state index in [1.807, 2.05) is 13.8 Å². The molecule has 5 nitrogen and oxygen atoms in total. The summed E-state index contributed by atoms with van der Waals surface area (Å²) in [6, 6.07) is -1.07. The van der Waals surface area contributed by atoms with Gasteiger partial charge in [0.2, 0.25) is 10.0 Å². The van der Waals surface area contributed by atoms with E-state index in [2.05, 4.69) is 11.3 Å². The predicted molar refractivity (Wildman–Crippen MR) is 62.6 cm³/mol. The van der Waals surface area contributed by atoms with Gasteiger partial charge >= 0.3 is 5.97 Å². The Balaban J connectivity index is 4.63. The number of carbonyl (C=O) groups is 1. The number of aliphatic carboxylic acids is 1. The van der Waals surface area contributed by atoms with Crippen LogP contribution in [0.2, 0.25) is 0 Å². The zero-order valence-electron chi connectivity index (χ0n) is 9.86. The van der Waals surface area contributed by atoms with E-state index in [0.717, 1.165) is 0 Å². The Bertz CT molecular complexity index is 359. The summed E-state index contributed by atoms with van der Waals surface area (Å²) < 4.78 is 25.2. The molecule has 0 unspecified atom stereocenters. The van der Waals surface area contributed by atoms with Crippen LogP contribution in [0.5, 0.6) is 0 Å². The summed E-state index contributed by atoms with van der Waals surface area (Å²) in [4.78, 5) is 10.8. The van der Waals surface area contributed by atoms with Crippen LogP contribution in [-0.4, -0.2) is 31.3 Å². The summed E-state index contributed by atoms with van der Waals surface area (Å²) in [5.41, 5.74) is 0.473. The monoisotopic (exact) mass is 249 g/mol. The molecule has 0 saturated carbocycles. The van der Waals surface area contributed by atoms with Crippen molar-refractivity contribution in [1.29, 1.82) is 0 Å². The minimum absolute atomic E-state index is 0.105. The van der Waals surface area contributed by atoms with Crippen molar-refractivity contribution in [3.8, 4) is 0 Å². The largest absolute Gasteiger partial charge is 0.480 e. The third-order valence-corrected chi connectivity index (χ3v) is 3.28. The van der Waals surface area contributed by atoms with Gasteiger partial charge in [-0.3, -0.25) is 4.79 Å². The second-order valence-electron chi connectivity index (χ2n) is 4.35. The molecule has 0 rings (SSSR count). The van der Waals surface area contributed by atoms with Gasteiger partial charge in [-0.2, -0.15) is 0 Å². The second kappa shape index (κ2) is 6.00. The maximum atomic E-state index is 11.5. The van der Waals surface area contributed by atoms with Crippen LogP contribution in [-0.2, 0) is 14.8 Å². The molecule has 0 bridgehead atoms. The lowest BCUT2D eigenvalue weighted by molar-refractivity contribution is -0.139. The van der Waals surface area contributed by atoms with E-state index in [9.17, 15) is 13.2 Å². The van der Waals surface area contributed by atoms with Gasteiger partial charge < -0.3 is 5.11 Å². The number of sulfonamides is 1. The van der Waals surface area contributed by atoms with Crippen molar-refractivity contribution >= 4 is 16.0 Å². The smallest absolute Gasteiger partial charge is 0.321 e. The number of hydrogen-bond acceptors (Lipinski definition) is 3. The van der Waals surface area contributed by atoms with Gasteiger partial charge in [-0.15, -0.1) is 0 Å². The van der Waals surface area contributed by atoms with E-state index in [4.69, 9.17) is 5.11 Å². The molecule has 0 aromatic carbocycles. The van der Waals surface area contributed by atoms with Crippen LogP contribution in [0.4, 0.5) is 0 Å². The number of nitrogens with one attached hydrogen (secondary N) is 1. The maximum Gasteiger partial charge on any atom is 0.321 e. The molecular weight excluding hydrogens is 230 g/mol. The zero-order valence-corrected chi connectivity index (χ0v) is 10.7. The van der Waals surface area contributed by atoms with Gasteiger partial charge in [0, 0.05) is 0 Å². The molecule has 2 N–H and O–H groups in total. The zero-order chi connectivity index (χ0) is 12.9. The summed E-state index contributed by atoms with van der Waals surface area (Å²) in [5, 5.41) is 8.87. The van der Waals surface area contributed by atoms with Crippen molar-refractivity contribution in [1.82, 2.24) is 4.72 Å². The summed E-state index contributed by atoms with van der Waals surface area (Å²) >= 11 is 0. The van der Waals surface area contributed by atoms with Crippen molar-refractivity contribution in [2.45, 2.75) is 33.2 Å². The number of rotatable bonds is 7. The molecule has 0 aromatic heterocycles. The van der Waals surface area contributed by atoms with Gasteiger partial charge in [0.15, 0.2) is 0 Å². The Kier molecular flexibility index (Phi) is 5.67. The quantitative estimate of drug-likeness (QED) is 0.659. The molecule has 6 heteroatoms. The van der Waals surface area contributed by atoms with Crippen molar-refractivity contribution in [2.75, 3.05) is 5.75 Å². The third kappa shape index (κ3) is 6.58. The molecule has 0 saturated heterocycles. The van der Waals surface area contributed by atoms with E-state index in [0.29, 0.717) is 5.57 Å². The lowest BCUT2D eigenvalue weighted by Gasteiger charge is -2.16. The summed E-state index contributed by atoms with van der Waals surface area (Å²) in [7, 11) is -3.60. The van der Waals surface area contributed by atoms with Gasteiger partial charge in [0.05, 0.1) is 5.75 Å². The van der Waals surface area contributed by atoms with Gasteiger partial charge in [0.25, 0.3) is 0 Å². The number of hydrogen-bond donors (Lipinski definition) is 2. The Morgan fingerprint density at radius 2 is 1.94 bits per heavy atom. The van der Waals surface area contributed by atoms with Gasteiger partial charge in [0.1, 0.15) is 6.04 Å². The first-order chi connectivity index (χ1) is 7.14. The van der Waals surface area contributed by atoms with Crippen LogP contribution in [0, 0.1) is 5.92 Å². The fraction of sp³-hybridized carbons (Fsp3) is 0.700. The van der Waals surface area contributed by atoms with Crippen molar-refractivity contribution < 1.29 is 18.3 Å². The standard InChI is InChI=1S/C10H19NO4S/c1-7(2)5-9(10(12)13)11-16(14,15)6-8(3)4/h7,9,11H,3,5-6H2,1-2,4H3,(H,12,13)/t9-/m0/s1. The summed E-state index contributed by atoms with van der Waals surface area (Å²) in [5.74, 6) is -1.29. The Hall–Kier alpha value is -0.880. The van der Waals surface area contributed by atoms with E-state index < -0.39 is 22.0 Å². The molecule has 0 aliphatic carbocycles. The van der Waals surface area contributed by atoms with Crippen LogP contribution in [0.3, 0.4) is 0 Å². The topological polar surface area (TPSA) is 83.5 Å². The van der Waals surface area contributed by atoms with E-state index in [1.54, 1.807) is 6.92 Å². The van der Waals surface area contributed by atoms with E-state index in [-0.39, 0.29) is 18.1 Å². The van der Waals surface area contributed by atoms with Gasteiger partial charge in [-0.05, 0) is 19.3 Å². The van der Waals surface area contributed by atoms with Gasteiger partial charge in [-0.25, -0.2) is 13.1 Å². The van der Waals surface area contributed by atoms with Crippen LogP contribution in [0.1, 0.15) is 27.2 Å². The average molecular weight is 249 g/mol. The van der Waals surface area contributed by atoms with Gasteiger partial charge in [-0.1, -0.05) is 26.0 Å². The lowest BCUT2D eigenvalue weighted by Crippen LogP contribution is -2.42. The van der Waals surface area contributed by atoms with Crippen molar-refractivity contribution in [3.05, 3.63) is 12.2 Å². The highest BCUT2D eigenvalue weighted by atomic mass is 32.2. The highest BCUT2D eigenvalue weighted by molar-refractivity contribution is 7.89. The minimum Gasteiger partial charge on any atom is -0.480 e. The number of carboxylic acids is 1. The molecule has 94 valence electrons. The van der Waals surface area contributed by atoms with Crippen LogP contribution >= 0.6 is 0 Å². The molecule has 0 heterocycles. The highest BCUT2D eigenvalue weighted by Crippen LogP contribution is 2.07. The molecular formula is C10H19NO4S. The minimum atomic E-state index is -3.60. The number of carboxylic acid groups (broad SMARTS) is 1. The van der Waals surface area contributed by atoms with Crippen LogP contribution in [0.25, 0.3) is 0 Å². The summed E-state index contributed by atoms with van der Waals surface area (Å²) in [6.45, 7) is 8.74. The van der Waals surface area contributed by atoms with Crippen molar-refractivity contribution in [2.24, 2.45) is 5.92 Å². The SMILES string of the molecule is C=C(C)CS(=O)(=O)N[C@@H](CC(C)C)C(=O)O. The van der Waals surface area contributed by atoms with E-state index in [1.165, 1.54) is 0 Å². The van der Waals surface area contributed by atoms with E-state index >= 15 is 0 Å². The molecule has 0 spiro atoms. The Morgan fingerprint density at radius 1 is 1.44 bits per heavy atom. The van der Waals surface area contributed by atoms with Crippen molar-refractivity contribution in [3.63, 3.8) is 0 Å². The molecule has 0 fully saturated rings. The molecule has 0 radical (unpaired) electrons. The molecule has 1 atom stereocenters. The Morgan fingerprint density at radius 3 is 2.25 bits per heavy atom. The predicted octanol–water partition coefficient (Wildman–Crippen LogP) is 0.981. The molecule has 16 heavy (non-hydrogen) atoms. The molecule has 0 aliphatic heterocycles. The second-order valence-corrected chi connectivity index (χ2v) is 6.11. The Labute approximate surface area is 96.6 Å². The maximum absolute atomic E-state index is 11.5.